The summed E-state index contributed by atoms with van der Waals surface area (Å²) < 4.78 is 5.84. The average Bonchev–Trinajstić information content (AvgIpc) is 2.69. The Labute approximate surface area is 102 Å². The largest absolute Gasteiger partial charge is 0.373 e. The molecule has 2 bridgehead atoms. The maximum Gasteiger partial charge on any atom is 0.125 e. The van der Waals surface area contributed by atoms with Gasteiger partial charge in [0.2, 0.25) is 0 Å². The van der Waals surface area contributed by atoms with Crippen LogP contribution in [0.15, 0.2) is 18.3 Å². The molecule has 2 fully saturated rings. The van der Waals surface area contributed by atoms with Gasteiger partial charge in [-0.15, -0.1) is 0 Å². The second-order valence-corrected chi connectivity index (χ2v) is 4.95. The van der Waals surface area contributed by atoms with Crippen molar-refractivity contribution in [2.75, 3.05) is 25.5 Å². The van der Waals surface area contributed by atoms with E-state index in [0.717, 1.165) is 25.5 Å². The lowest BCUT2D eigenvalue weighted by molar-refractivity contribution is -0.0410. The molecule has 2 aliphatic rings. The standard InChI is InChI=1S/C13H19N3O/c1-14-13-6-10(4-5-15-13)7-16-8-11-2-3-12(9-16)17-11/h4-6,11-12H,2-3,7-9H2,1H3,(H,14,15). The van der Waals surface area contributed by atoms with Crippen LogP contribution in [0.3, 0.4) is 0 Å². The number of nitrogens with zero attached hydrogens (tertiary/aromatic N) is 2. The van der Waals surface area contributed by atoms with E-state index < -0.39 is 0 Å². The topological polar surface area (TPSA) is 37.4 Å². The van der Waals surface area contributed by atoms with E-state index in [2.05, 4.69) is 27.3 Å². The molecule has 2 saturated heterocycles. The molecule has 0 spiro atoms. The van der Waals surface area contributed by atoms with Gasteiger partial charge >= 0.3 is 0 Å². The molecular formula is C13H19N3O. The van der Waals surface area contributed by atoms with Crippen molar-refractivity contribution < 1.29 is 4.74 Å². The van der Waals surface area contributed by atoms with Crippen LogP contribution >= 0.6 is 0 Å². The molecule has 3 heterocycles. The highest BCUT2D eigenvalue weighted by molar-refractivity contribution is 5.36. The minimum absolute atomic E-state index is 0.472. The third-order valence-corrected chi connectivity index (χ3v) is 3.61. The van der Waals surface area contributed by atoms with Crippen LogP contribution in [0.2, 0.25) is 0 Å². The summed E-state index contributed by atoms with van der Waals surface area (Å²) in [5.41, 5.74) is 1.32. The molecule has 1 aromatic heterocycles. The Bertz CT molecular complexity index is 384. The number of fused-ring (bicyclic) bond motifs is 2. The van der Waals surface area contributed by atoms with Gasteiger partial charge < -0.3 is 10.1 Å². The third kappa shape index (κ3) is 2.42. The molecule has 0 aliphatic carbocycles. The van der Waals surface area contributed by atoms with Crippen LogP contribution in [0.1, 0.15) is 18.4 Å². The molecule has 2 aliphatic heterocycles. The zero-order valence-corrected chi connectivity index (χ0v) is 10.2. The summed E-state index contributed by atoms with van der Waals surface area (Å²) in [5, 5.41) is 3.08. The van der Waals surface area contributed by atoms with Crippen LogP contribution in [-0.2, 0) is 11.3 Å². The number of hydrogen-bond donors (Lipinski definition) is 1. The fourth-order valence-corrected chi connectivity index (χ4v) is 2.80. The van der Waals surface area contributed by atoms with Gasteiger partial charge in [-0.2, -0.15) is 0 Å². The molecule has 0 amide bonds. The molecule has 4 heteroatoms. The summed E-state index contributed by atoms with van der Waals surface area (Å²) >= 11 is 0. The molecular weight excluding hydrogens is 214 g/mol. The Morgan fingerprint density at radius 2 is 2.18 bits per heavy atom. The number of anilines is 1. The molecule has 2 unspecified atom stereocenters. The van der Waals surface area contributed by atoms with Crippen molar-refractivity contribution in [2.45, 2.75) is 31.6 Å². The first-order valence-electron chi connectivity index (χ1n) is 6.34. The van der Waals surface area contributed by atoms with Gasteiger partial charge in [0, 0.05) is 32.9 Å². The van der Waals surface area contributed by atoms with Crippen molar-refractivity contribution in [3.63, 3.8) is 0 Å². The van der Waals surface area contributed by atoms with E-state index in [9.17, 15) is 0 Å². The minimum Gasteiger partial charge on any atom is -0.373 e. The van der Waals surface area contributed by atoms with Gasteiger partial charge in [-0.25, -0.2) is 4.98 Å². The quantitative estimate of drug-likeness (QED) is 0.858. The number of morpholine rings is 1. The zero-order valence-electron chi connectivity index (χ0n) is 10.2. The van der Waals surface area contributed by atoms with Crippen molar-refractivity contribution >= 4 is 5.82 Å². The van der Waals surface area contributed by atoms with Gasteiger partial charge in [-0.1, -0.05) is 0 Å². The summed E-state index contributed by atoms with van der Waals surface area (Å²) in [6.07, 6.45) is 5.29. The van der Waals surface area contributed by atoms with Crippen molar-refractivity contribution in [3.8, 4) is 0 Å². The van der Waals surface area contributed by atoms with Crippen LogP contribution in [-0.4, -0.2) is 42.2 Å². The van der Waals surface area contributed by atoms with E-state index >= 15 is 0 Å². The fourth-order valence-electron chi connectivity index (χ4n) is 2.80. The summed E-state index contributed by atoms with van der Waals surface area (Å²) in [4.78, 5) is 6.74. The number of aromatic nitrogens is 1. The van der Waals surface area contributed by atoms with Gasteiger partial charge in [-0.05, 0) is 30.5 Å². The van der Waals surface area contributed by atoms with Crippen LogP contribution in [0.5, 0.6) is 0 Å². The third-order valence-electron chi connectivity index (χ3n) is 3.61. The molecule has 3 rings (SSSR count). The van der Waals surface area contributed by atoms with Crippen molar-refractivity contribution in [1.29, 1.82) is 0 Å². The summed E-state index contributed by atoms with van der Waals surface area (Å²) in [6, 6.07) is 4.22. The van der Waals surface area contributed by atoms with E-state index in [-0.39, 0.29) is 0 Å². The SMILES string of the molecule is CNc1cc(CN2CC3CCC(C2)O3)ccn1. The van der Waals surface area contributed by atoms with E-state index in [4.69, 9.17) is 4.74 Å². The van der Waals surface area contributed by atoms with E-state index in [1.807, 2.05) is 13.2 Å². The van der Waals surface area contributed by atoms with Gasteiger partial charge in [0.1, 0.15) is 5.82 Å². The molecule has 2 atom stereocenters. The lowest BCUT2D eigenvalue weighted by Crippen LogP contribution is -2.41. The number of pyridine rings is 1. The first-order valence-corrected chi connectivity index (χ1v) is 6.34. The van der Waals surface area contributed by atoms with Crippen LogP contribution in [0.4, 0.5) is 5.82 Å². The molecule has 4 nitrogen and oxygen atoms in total. The second kappa shape index (κ2) is 4.63. The van der Waals surface area contributed by atoms with Crippen LogP contribution < -0.4 is 5.32 Å². The molecule has 1 aromatic rings. The normalized spacial score (nSPS) is 28.3. The van der Waals surface area contributed by atoms with Crippen molar-refractivity contribution in [2.24, 2.45) is 0 Å². The molecule has 0 radical (unpaired) electrons. The molecule has 0 aromatic carbocycles. The smallest absolute Gasteiger partial charge is 0.125 e. The van der Waals surface area contributed by atoms with Gasteiger partial charge in [0.25, 0.3) is 0 Å². The maximum absolute atomic E-state index is 5.84. The number of nitrogens with one attached hydrogen (secondary N) is 1. The average molecular weight is 233 g/mol. The first kappa shape index (κ1) is 11.0. The van der Waals surface area contributed by atoms with Gasteiger partial charge in [-0.3, -0.25) is 4.90 Å². The predicted molar refractivity (Wildman–Crippen MR) is 67.0 cm³/mol. The Balaban J connectivity index is 1.66. The minimum atomic E-state index is 0.472. The number of hydrogen-bond acceptors (Lipinski definition) is 4. The van der Waals surface area contributed by atoms with E-state index in [1.165, 1.54) is 18.4 Å². The Hall–Kier alpha value is -1.13. The Kier molecular flexibility index (Phi) is 2.99. The van der Waals surface area contributed by atoms with Crippen LogP contribution in [0, 0.1) is 0 Å². The highest BCUT2D eigenvalue weighted by atomic mass is 16.5. The monoisotopic (exact) mass is 233 g/mol. The molecule has 1 N–H and O–H groups in total. The number of ether oxygens (including phenoxy) is 1. The van der Waals surface area contributed by atoms with E-state index in [1.54, 1.807) is 0 Å². The van der Waals surface area contributed by atoms with E-state index in [0.29, 0.717) is 12.2 Å². The second-order valence-electron chi connectivity index (χ2n) is 4.95. The van der Waals surface area contributed by atoms with Gasteiger partial charge in [0.15, 0.2) is 0 Å². The Morgan fingerprint density at radius 3 is 2.88 bits per heavy atom. The van der Waals surface area contributed by atoms with Crippen LogP contribution in [0.25, 0.3) is 0 Å². The van der Waals surface area contributed by atoms with Gasteiger partial charge in [0.05, 0.1) is 12.2 Å². The zero-order chi connectivity index (χ0) is 11.7. The van der Waals surface area contributed by atoms with Crippen molar-refractivity contribution in [3.05, 3.63) is 23.9 Å². The summed E-state index contributed by atoms with van der Waals surface area (Å²) in [5.74, 6) is 0.943. The highest BCUT2D eigenvalue weighted by Gasteiger charge is 2.33. The summed E-state index contributed by atoms with van der Waals surface area (Å²) in [6.45, 7) is 3.16. The predicted octanol–water partition coefficient (Wildman–Crippen LogP) is 1.49. The molecule has 92 valence electrons. The van der Waals surface area contributed by atoms with Crippen molar-refractivity contribution in [1.82, 2.24) is 9.88 Å². The maximum atomic E-state index is 5.84. The number of likely N-dealkylation sites (tertiary alicyclic amines) is 1. The Morgan fingerprint density at radius 1 is 1.41 bits per heavy atom. The number of rotatable bonds is 3. The first-order chi connectivity index (χ1) is 8.33. The lowest BCUT2D eigenvalue weighted by Gasteiger charge is -2.32. The molecule has 17 heavy (non-hydrogen) atoms. The summed E-state index contributed by atoms with van der Waals surface area (Å²) in [7, 11) is 1.90. The fraction of sp³-hybridized carbons (Fsp3) is 0.615. The highest BCUT2D eigenvalue weighted by Crippen LogP contribution is 2.27. The molecule has 0 saturated carbocycles. The lowest BCUT2D eigenvalue weighted by atomic mass is 10.2.